The predicted octanol–water partition coefficient (Wildman–Crippen LogP) is 4.19. The van der Waals surface area contributed by atoms with Gasteiger partial charge in [-0.05, 0) is 45.0 Å². The number of amides is 1. The first-order valence-corrected chi connectivity index (χ1v) is 8.97. The second-order valence-electron chi connectivity index (χ2n) is 6.31. The van der Waals surface area contributed by atoms with Crippen molar-refractivity contribution in [2.45, 2.75) is 20.8 Å². The Morgan fingerprint density at radius 2 is 1.68 bits per heavy atom. The lowest BCUT2D eigenvalue weighted by atomic mass is 10.1. The molecule has 1 heterocycles. The zero-order chi connectivity index (χ0) is 20.1. The lowest BCUT2D eigenvalue weighted by molar-refractivity contribution is 0.0526. The van der Waals surface area contributed by atoms with E-state index in [4.69, 9.17) is 4.74 Å². The summed E-state index contributed by atoms with van der Waals surface area (Å²) in [4.78, 5) is 33.0. The van der Waals surface area contributed by atoms with Crippen LogP contribution in [0.1, 0.15) is 38.9 Å². The Morgan fingerprint density at radius 1 is 1.00 bits per heavy atom. The predicted molar refractivity (Wildman–Crippen MR) is 107 cm³/mol. The second-order valence-corrected chi connectivity index (χ2v) is 6.31. The maximum atomic E-state index is 12.6. The van der Waals surface area contributed by atoms with Gasteiger partial charge in [-0.1, -0.05) is 29.8 Å². The van der Waals surface area contributed by atoms with Gasteiger partial charge >= 0.3 is 5.97 Å². The zero-order valence-corrected chi connectivity index (χ0v) is 16.0. The van der Waals surface area contributed by atoms with Crippen molar-refractivity contribution in [1.82, 2.24) is 9.97 Å². The van der Waals surface area contributed by atoms with E-state index >= 15 is 0 Å². The Balaban J connectivity index is 1.74. The number of anilines is 1. The fourth-order valence-corrected chi connectivity index (χ4v) is 2.63. The molecule has 0 saturated carbocycles. The Kier molecular flexibility index (Phi) is 5.79. The van der Waals surface area contributed by atoms with E-state index in [0.717, 1.165) is 11.1 Å². The quantitative estimate of drug-likeness (QED) is 0.676. The Hall–Kier alpha value is -3.54. The number of carbonyl (C=O) groups is 2. The standard InChI is InChI=1S/C22H21N3O3/c1-4-28-22(27)17-9-11-18(12-10-17)25-21(26)19-13-23-20(24-15(19)3)16-7-5-14(2)6-8-16/h5-13H,4H2,1-3H3,(H,25,26). The van der Waals surface area contributed by atoms with Gasteiger partial charge in [0.15, 0.2) is 5.82 Å². The van der Waals surface area contributed by atoms with Crippen LogP contribution in [0.25, 0.3) is 11.4 Å². The highest BCUT2D eigenvalue weighted by Gasteiger charge is 2.13. The molecule has 1 amide bonds. The van der Waals surface area contributed by atoms with Crippen molar-refractivity contribution in [2.24, 2.45) is 0 Å². The minimum atomic E-state index is -0.392. The van der Waals surface area contributed by atoms with Crippen LogP contribution in [0.3, 0.4) is 0 Å². The number of aromatic nitrogens is 2. The lowest BCUT2D eigenvalue weighted by Crippen LogP contribution is -2.15. The second kappa shape index (κ2) is 8.43. The largest absolute Gasteiger partial charge is 0.462 e. The average molecular weight is 375 g/mol. The van der Waals surface area contributed by atoms with E-state index < -0.39 is 5.97 Å². The number of esters is 1. The van der Waals surface area contributed by atoms with Gasteiger partial charge in [0, 0.05) is 17.4 Å². The molecule has 0 aliphatic carbocycles. The number of hydrogen-bond donors (Lipinski definition) is 1. The Bertz CT molecular complexity index is 997. The molecule has 6 heteroatoms. The summed E-state index contributed by atoms with van der Waals surface area (Å²) in [5.74, 6) is -0.124. The maximum absolute atomic E-state index is 12.6. The van der Waals surface area contributed by atoms with Crippen LogP contribution in [0.15, 0.2) is 54.7 Å². The smallest absolute Gasteiger partial charge is 0.338 e. The number of hydrogen-bond acceptors (Lipinski definition) is 5. The molecule has 0 saturated heterocycles. The summed E-state index contributed by atoms with van der Waals surface area (Å²) < 4.78 is 4.95. The van der Waals surface area contributed by atoms with Gasteiger partial charge in [0.1, 0.15) is 0 Å². The summed E-state index contributed by atoms with van der Waals surface area (Å²) >= 11 is 0. The number of rotatable bonds is 5. The molecule has 0 spiro atoms. The Labute approximate surface area is 163 Å². The molecule has 2 aromatic carbocycles. The molecule has 0 fully saturated rings. The molecule has 6 nitrogen and oxygen atoms in total. The molecular formula is C22H21N3O3. The summed E-state index contributed by atoms with van der Waals surface area (Å²) in [6.45, 7) is 5.86. The molecule has 3 aromatic rings. The van der Waals surface area contributed by atoms with E-state index in [0.29, 0.717) is 34.9 Å². The van der Waals surface area contributed by atoms with Crippen LogP contribution >= 0.6 is 0 Å². The highest BCUT2D eigenvalue weighted by molar-refractivity contribution is 6.05. The fraction of sp³-hybridized carbons (Fsp3) is 0.182. The van der Waals surface area contributed by atoms with Crippen LogP contribution in [-0.4, -0.2) is 28.5 Å². The van der Waals surface area contributed by atoms with Gasteiger partial charge in [-0.15, -0.1) is 0 Å². The molecule has 0 bridgehead atoms. The molecule has 0 aliphatic heterocycles. The lowest BCUT2D eigenvalue weighted by Gasteiger charge is -2.09. The van der Waals surface area contributed by atoms with E-state index in [1.807, 2.05) is 31.2 Å². The van der Waals surface area contributed by atoms with Gasteiger partial charge in [0.25, 0.3) is 5.91 Å². The van der Waals surface area contributed by atoms with Gasteiger partial charge in [0.05, 0.1) is 23.4 Å². The van der Waals surface area contributed by atoms with E-state index in [-0.39, 0.29) is 5.91 Å². The van der Waals surface area contributed by atoms with Crippen molar-refractivity contribution in [3.05, 3.63) is 77.1 Å². The molecule has 1 aromatic heterocycles. The molecule has 0 unspecified atom stereocenters. The molecule has 0 aliphatic rings. The SMILES string of the molecule is CCOC(=O)c1ccc(NC(=O)c2cnc(-c3ccc(C)cc3)nc2C)cc1. The fourth-order valence-electron chi connectivity index (χ4n) is 2.63. The molecule has 1 N–H and O–H groups in total. The monoisotopic (exact) mass is 375 g/mol. The first kappa shape index (κ1) is 19.2. The number of nitrogens with zero attached hydrogens (tertiary/aromatic N) is 2. The van der Waals surface area contributed by atoms with Crippen molar-refractivity contribution in [3.8, 4) is 11.4 Å². The highest BCUT2D eigenvalue weighted by Crippen LogP contribution is 2.18. The van der Waals surface area contributed by atoms with Crippen LogP contribution in [0.4, 0.5) is 5.69 Å². The van der Waals surface area contributed by atoms with Crippen molar-refractivity contribution in [1.29, 1.82) is 0 Å². The maximum Gasteiger partial charge on any atom is 0.338 e. The molecular weight excluding hydrogens is 354 g/mol. The average Bonchev–Trinajstić information content (AvgIpc) is 2.69. The number of aryl methyl sites for hydroxylation is 2. The van der Waals surface area contributed by atoms with Crippen LogP contribution in [0, 0.1) is 13.8 Å². The third-order valence-electron chi connectivity index (χ3n) is 4.19. The van der Waals surface area contributed by atoms with Gasteiger partial charge in [-0.25, -0.2) is 14.8 Å². The van der Waals surface area contributed by atoms with Gasteiger partial charge in [0.2, 0.25) is 0 Å². The summed E-state index contributed by atoms with van der Waals surface area (Å²) in [5, 5.41) is 2.79. The summed E-state index contributed by atoms with van der Waals surface area (Å²) in [5.41, 5.74) is 4.04. The van der Waals surface area contributed by atoms with E-state index in [1.165, 1.54) is 6.20 Å². The molecule has 28 heavy (non-hydrogen) atoms. The molecule has 3 rings (SSSR count). The van der Waals surface area contributed by atoms with Gasteiger partial charge < -0.3 is 10.1 Å². The van der Waals surface area contributed by atoms with Gasteiger partial charge in [-0.2, -0.15) is 0 Å². The minimum Gasteiger partial charge on any atom is -0.462 e. The molecule has 0 atom stereocenters. The van der Waals surface area contributed by atoms with Gasteiger partial charge in [-0.3, -0.25) is 4.79 Å². The van der Waals surface area contributed by atoms with E-state index in [9.17, 15) is 9.59 Å². The Morgan fingerprint density at radius 3 is 2.29 bits per heavy atom. The first-order chi connectivity index (χ1) is 13.5. The topological polar surface area (TPSA) is 81.2 Å². The summed E-state index contributed by atoms with van der Waals surface area (Å²) in [7, 11) is 0. The zero-order valence-electron chi connectivity index (χ0n) is 16.0. The third kappa shape index (κ3) is 4.40. The van der Waals surface area contributed by atoms with Crippen LogP contribution in [0.5, 0.6) is 0 Å². The van der Waals surface area contributed by atoms with Crippen LogP contribution in [0.2, 0.25) is 0 Å². The summed E-state index contributed by atoms with van der Waals surface area (Å²) in [6, 6.07) is 14.4. The van der Waals surface area contributed by atoms with Crippen molar-refractivity contribution in [2.75, 3.05) is 11.9 Å². The van der Waals surface area contributed by atoms with E-state index in [1.54, 1.807) is 38.1 Å². The minimum absolute atomic E-state index is 0.308. The number of nitrogens with one attached hydrogen (secondary N) is 1. The highest BCUT2D eigenvalue weighted by atomic mass is 16.5. The van der Waals surface area contributed by atoms with Crippen molar-refractivity contribution < 1.29 is 14.3 Å². The van der Waals surface area contributed by atoms with Crippen molar-refractivity contribution >= 4 is 17.6 Å². The molecule has 0 radical (unpaired) electrons. The first-order valence-electron chi connectivity index (χ1n) is 8.97. The molecule has 142 valence electrons. The third-order valence-corrected chi connectivity index (χ3v) is 4.19. The summed E-state index contributed by atoms with van der Waals surface area (Å²) in [6.07, 6.45) is 1.53. The van der Waals surface area contributed by atoms with E-state index in [2.05, 4.69) is 15.3 Å². The normalized spacial score (nSPS) is 10.4. The number of benzene rings is 2. The van der Waals surface area contributed by atoms with Crippen LogP contribution in [-0.2, 0) is 4.74 Å². The number of ether oxygens (including phenoxy) is 1. The van der Waals surface area contributed by atoms with Crippen molar-refractivity contribution in [3.63, 3.8) is 0 Å². The van der Waals surface area contributed by atoms with Crippen LogP contribution < -0.4 is 5.32 Å². The number of carbonyl (C=O) groups excluding carboxylic acids is 2.